The van der Waals surface area contributed by atoms with E-state index in [1.54, 1.807) is 24.3 Å². The van der Waals surface area contributed by atoms with Gasteiger partial charge in [0, 0.05) is 17.4 Å². The third kappa shape index (κ3) is 4.53. The maximum absolute atomic E-state index is 13.9. The van der Waals surface area contributed by atoms with E-state index in [4.69, 9.17) is 11.6 Å². The number of hydrogen-bond donors (Lipinski definition) is 1. The fraction of sp³-hybridized carbons (Fsp3) is 0.188. The molecule has 0 aliphatic rings. The molecular weight excluding hydrogens is 357 g/mol. The lowest BCUT2D eigenvalue weighted by Gasteiger charge is -2.20. The number of aliphatic carboxylic acids is 1. The molecule has 2 aromatic rings. The third-order valence-corrected chi connectivity index (χ3v) is 5.07. The van der Waals surface area contributed by atoms with Gasteiger partial charge in [-0.25, -0.2) is 17.5 Å². The van der Waals surface area contributed by atoms with E-state index in [1.165, 1.54) is 6.07 Å². The van der Waals surface area contributed by atoms with Crippen molar-refractivity contribution in [1.82, 2.24) is 4.72 Å². The lowest BCUT2D eigenvalue weighted by Crippen LogP contribution is -2.34. The smallest absolute Gasteiger partial charge is 0.244 e. The fourth-order valence-corrected chi connectivity index (χ4v) is 3.58. The highest BCUT2D eigenvalue weighted by Gasteiger charge is 2.24. The van der Waals surface area contributed by atoms with Gasteiger partial charge in [0.05, 0.1) is 6.04 Å². The SMILES string of the molecule is Cc1ccc([C@H](CC(=O)[O-])NS(=O)(=O)c2ccc(Cl)cc2F)cc1. The molecule has 24 heavy (non-hydrogen) atoms. The summed E-state index contributed by atoms with van der Waals surface area (Å²) in [7, 11) is -4.29. The van der Waals surface area contributed by atoms with Gasteiger partial charge in [0.25, 0.3) is 0 Å². The molecule has 0 radical (unpaired) electrons. The molecule has 0 aliphatic heterocycles. The summed E-state index contributed by atoms with van der Waals surface area (Å²) in [6, 6.07) is 8.67. The Hall–Kier alpha value is -1.96. The summed E-state index contributed by atoms with van der Waals surface area (Å²) < 4.78 is 40.9. The number of halogens is 2. The molecule has 1 atom stereocenters. The predicted molar refractivity (Wildman–Crippen MR) is 85.3 cm³/mol. The van der Waals surface area contributed by atoms with E-state index in [2.05, 4.69) is 4.72 Å². The number of rotatable bonds is 6. The molecule has 0 amide bonds. The summed E-state index contributed by atoms with van der Waals surface area (Å²) in [6.07, 6.45) is -0.586. The van der Waals surface area contributed by atoms with Crippen molar-refractivity contribution in [2.45, 2.75) is 24.3 Å². The molecule has 0 heterocycles. The van der Waals surface area contributed by atoms with Gasteiger partial charge in [-0.15, -0.1) is 0 Å². The van der Waals surface area contributed by atoms with Gasteiger partial charge in [0.1, 0.15) is 10.7 Å². The van der Waals surface area contributed by atoms with Crippen LogP contribution in [-0.2, 0) is 14.8 Å². The molecule has 0 saturated heterocycles. The summed E-state index contributed by atoms with van der Waals surface area (Å²) in [5.74, 6) is -2.45. The molecule has 0 unspecified atom stereocenters. The van der Waals surface area contributed by atoms with Crippen molar-refractivity contribution in [3.8, 4) is 0 Å². The van der Waals surface area contributed by atoms with Crippen LogP contribution in [0.3, 0.4) is 0 Å². The van der Waals surface area contributed by atoms with Crippen LogP contribution in [0.25, 0.3) is 0 Å². The minimum absolute atomic E-state index is 0.0521. The van der Waals surface area contributed by atoms with Gasteiger partial charge in [-0.1, -0.05) is 41.4 Å². The Morgan fingerprint density at radius 1 is 1.25 bits per heavy atom. The highest BCUT2D eigenvalue weighted by Crippen LogP contribution is 2.23. The van der Waals surface area contributed by atoms with Crippen LogP contribution in [0.2, 0.25) is 5.02 Å². The second-order valence-corrected chi connectivity index (χ2v) is 7.35. The van der Waals surface area contributed by atoms with Crippen LogP contribution in [-0.4, -0.2) is 14.4 Å². The number of hydrogen-bond acceptors (Lipinski definition) is 4. The van der Waals surface area contributed by atoms with Gasteiger partial charge in [0.15, 0.2) is 0 Å². The van der Waals surface area contributed by atoms with E-state index in [9.17, 15) is 22.7 Å². The molecule has 8 heteroatoms. The molecule has 0 aromatic heterocycles. The zero-order chi connectivity index (χ0) is 17.9. The first-order chi connectivity index (χ1) is 11.2. The molecule has 128 valence electrons. The van der Waals surface area contributed by atoms with Crippen LogP contribution < -0.4 is 9.83 Å². The summed E-state index contributed by atoms with van der Waals surface area (Å²) in [5, 5.41) is 11.0. The normalized spacial score (nSPS) is 12.8. The number of carbonyl (C=O) groups excluding carboxylic acids is 1. The Bertz CT molecular complexity index is 853. The molecule has 0 spiro atoms. The average molecular weight is 371 g/mol. The van der Waals surface area contributed by atoms with Gasteiger partial charge in [-0.3, -0.25) is 0 Å². The second-order valence-electron chi connectivity index (χ2n) is 5.24. The maximum atomic E-state index is 13.9. The van der Waals surface area contributed by atoms with E-state index in [0.717, 1.165) is 17.7 Å². The van der Waals surface area contributed by atoms with Crippen molar-refractivity contribution in [3.05, 3.63) is 64.4 Å². The van der Waals surface area contributed by atoms with E-state index < -0.39 is 39.2 Å². The van der Waals surface area contributed by atoms with Crippen molar-refractivity contribution in [2.24, 2.45) is 0 Å². The Labute approximate surface area is 144 Å². The zero-order valence-corrected chi connectivity index (χ0v) is 14.2. The Kier molecular flexibility index (Phi) is 5.58. The molecular formula is C16H14ClFNO4S-. The molecule has 5 nitrogen and oxygen atoms in total. The Balaban J connectivity index is 2.37. The fourth-order valence-electron chi connectivity index (χ4n) is 2.14. The van der Waals surface area contributed by atoms with Crippen LogP contribution in [0.5, 0.6) is 0 Å². The average Bonchev–Trinajstić information content (AvgIpc) is 2.46. The van der Waals surface area contributed by atoms with Gasteiger partial charge >= 0.3 is 0 Å². The van der Waals surface area contributed by atoms with Crippen molar-refractivity contribution in [2.75, 3.05) is 0 Å². The number of aryl methyl sites for hydroxylation is 1. The predicted octanol–water partition coefficient (Wildman–Crippen LogP) is 1.95. The number of carboxylic acids is 1. The highest BCUT2D eigenvalue weighted by atomic mass is 35.5. The maximum Gasteiger partial charge on any atom is 0.244 e. The van der Waals surface area contributed by atoms with Gasteiger partial charge in [-0.05, 0) is 30.7 Å². The van der Waals surface area contributed by atoms with Crippen LogP contribution in [0.4, 0.5) is 4.39 Å². The van der Waals surface area contributed by atoms with E-state index in [-0.39, 0.29) is 5.02 Å². The lowest BCUT2D eigenvalue weighted by molar-refractivity contribution is -0.306. The molecule has 2 rings (SSSR count). The van der Waals surface area contributed by atoms with Crippen molar-refractivity contribution in [3.63, 3.8) is 0 Å². The van der Waals surface area contributed by atoms with Gasteiger partial charge in [0.2, 0.25) is 10.0 Å². The first-order valence-electron chi connectivity index (χ1n) is 6.93. The standard InChI is InChI=1S/C16H15ClFNO4S/c1-10-2-4-11(5-3-10)14(9-16(20)21)19-24(22,23)15-7-6-12(17)8-13(15)18/h2-8,14,19H,9H2,1H3,(H,20,21)/p-1/t14-/m0/s1. The number of carboxylic acid groups (broad SMARTS) is 1. The van der Waals surface area contributed by atoms with Crippen LogP contribution in [0, 0.1) is 12.7 Å². The van der Waals surface area contributed by atoms with Crippen LogP contribution >= 0.6 is 11.6 Å². The lowest BCUT2D eigenvalue weighted by atomic mass is 10.0. The highest BCUT2D eigenvalue weighted by molar-refractivity contribution is 7.89. The summed E-state index contributed by atoms with van der Waals surface area (Å²) in [4.78, 5) is 10.3. The monoisotopic (exact) mass is 370 g/mol. The van der Waals surface area contributed by atoms with Gasteiger partial charge < -0.3 is 9.90 Å². The van der Waals surface area contributed by atoms with E-state index in [1.807, 2.05) is 6.92 Å². The minimum atomic E-state index is -4.29. The van der Waals surface area contributed by atoms with Gasteiger partial charge in [-0.2, -0.15) is 0 Å². The zero-order valence-electron chi connectivity index (χ0n) is 12.6. The number of nitrogens with one attached hydrogen (secondary N) is 1. The molecule has 2 aromatic carbocycles. The molecule has 0 bridgehead atoms. The molecule has 0 fully saturated rings. The number of benzene rings is 2. The topological polar surface area (TPSA) is 86.3 Å². The number of carbonyl (C=O) groups is 1. The minimum Gasteiger partial charge on any atom is -0.550 e. The van der Waals surface area contributed by atoms with Crippen molar-refractivity contribution < 1.29 is 22.7 Å². The quantitative estimate of drug-likeness (QED) is 0.842. The first-order valence-corrected chi connectivity index (χ1v) is 8.79. The number of sulfonamides is 1. The Morgan fingerprint density at radius 3 is 2.42 bits per heavy atom. The largest absolute Gasteiger partial charge is 0.550 e. The summed E-state index contributed by atoms with van der Waals surface area (Å²) >= 11 is 5.61. The molecule has 0 aliphatic carbocycles. The summed E-state index contributed by atoms with van der Waals surface area (Å²) in [5.41, 5.74) is 1.36. The van der Waals surface area contributed by atoms with Crippen molar-refractivity contribution >= 4 is 27.6 Å². The van der Waals surface area contributed by atoms with E-state index >= 15 is 0 Å². The van der Waals surface area contributed by atoms with Crippen LogP contribution in [0.15, 0.2) is 47.4 Å². The van der Waals surface area contributed by atoms with Crippen molar-refractivity contribution in [1.29, 1.82) is 0 Å². The molecule has 0 saturated carbocycles. The van der Waals surface area contributed by atoms with E-state index in [0.29, 0.717) is 5.56 Å². The third-order valence-electron chi connectivity index (χ3n) is 3.33. The Morgan fingerprint density at radius 2 is 1.88 bits per heavy atom. The second kappa shape index (κ2) is 7.29. The molecule has 1 N–H and O–H groups in total. The first kappa shape index (κ1) is 18.4. The summed E-state index contributed by atoms with van der Waals surface area (Å²) in [6.45, 7) is 1.84. The van der Waals surface area contributed by atoms with Crippen LogP contribution in [0.1, 0.15) is 23.6 Å².